The third-order valence-corrected chi connectivity index (χ3v) is 5.92. The van der Waals surface area contributed by atoms with E-state index >= 15 is 0 Å². The zero-order chi connectivity index (χ0) is 31.6. The number of nitrogens with one attached hydrogen (secondary N) is 4. The highest BCUT2D eigenvalue weighted by molar-refractivity contribution is 6.35. The largest absolute Gasteiger partial charge is 0.480 e. The fraction of sp³-hybridized carbons (Fsp3) is 0.393. The number of aromatic amines is 2. The van der Waals surface area contributed by atoms with Crippen molar-refractivity contribution < 1.29 is 24.2 Å². The van der Waals surface area contributed by atoms with Crippen molar-refractivity contribution in [2.45, 2.75) is 72.8 Å². The number of pyridine rings is 2. The van der Waals surface area contributed by atoms with Crippen LogP contribution < -0.4 is 22.1 Å². The second kappa shape index (κ2) is 16.7. The molecule has 0 radical (unpaired) electrons. The van der Waals surface area contributed by atoms with Gasteiger partial charge in [0, 0.05) is 48.6 Å². The first-order valence-electron chi connectivity index (χ1n) is 12.8. The number of aromatic nitrogens is 4. The third kappa shape index (κ3) is 12.1. The number of alkyl carbamates (subject to hydrolysis) is 1. The van der Waals surface area contributed by atoms with Gasteiger partial charge in [-0.1, -0.05) is 30.6 Å². The Kier molecular flexibility index (Phi) is 14.4. The van der Waals surface area contributed by atoms with Crippen LogP contribution in [-0.2, 0) is 27.4 Å². The number of halogens is 2. The number of hydrogen-bond acceptors (Lipinski definition) is 8. The van der Waals surface area contributed by atoms with Crippen LogP contribution in [0, 0.1) is 0 Å². The maximum Gasteiger partial charge on any atom is 0.408 e. The molecule has 236 valence electrons. The molecule has 0 aromatic carbocycles. The first-order valence-corrected chi connectivity index (χ1v) is 13.6. The van der Waals surface area contributed by atoms with E-state index in [1.165, 1.54) is 6.92 Å². The van der Waals surface area contributed by atoms with Gasteiger partial charge in [0.2, 0.25) is 5.91 Å². The smallest absolute Gasteiger partial charge is 0.408 e. The van der Waals surface area contributed by atoms with E-state index in [2.05, 4.69) is 30.6 Å². The van der Waals surface area contributed by atoms with E-state index in [1.807, 2.05) is 12.1 Å². The van der Waals surface area contributed by atoms with E-state index in [9.17, 15) is 14.4 Å². The molecule has 0 fully saturated rings. The van der Waals surface area contributed by atoms with E-state index in [1.54, 1.807) is 52.5 Å². The van der Waals surface area contributed by atoms with E-state index in [-0.39, 0.29) is 13.3 Å². The van der Waals surface area contributed by atoms with Crippen molar-refractivity contribution >= 4 is 63.2 Å². The number of aliphatic carboxylic acids is 1. The minimum atomic E-state index is -1.09. The average Bonchev–Trinajstić information content (AvgIpc) is 3.48. The maximum atomic E-state index is 11.3. The Hall–Kier alpha value is -3.91. The lowest BCUT2D eigenvalue weighted by Gasteiger charge is -2.20. The molecule has 0 saturated heterocycles. The number of carboxylic acid groups (broad SMARTS) is 1. The quantitative estimate of drug-likeness (QED) is 0.158. The van der Waals surface area contributed by atoms with Gasteiger partial charge < -0.3 is 41.9 Å². The molecular weight excluding hydrogens is 599 g/mol. The van der Waals surface area contributed by atoms with Gasteiger partial charge in [0.05, 0.1) is 16.1 Å². The lowest BCUT2D eigenvalue weighted by Crippen LogP contribution is -2.41. The average molecular weight is 640 g/mol. The molecule has 0 bridgehead atoms. The molecule has 0 unspecified atom stereocenters. The van der Waals surface area contributed by atoms with Gasteiger partial charge in [0.25, 0.3) is 0 Å². The van der Waals surface area contributed by atoms with Crippen LogP contribution in [0.5, 0.6) is 0 Å². The first-order chi connectivity index (χ1) is 19.6. The highest BCUT2D eigenvalue weighted by Crippen LogP contribution is 2.22. The molecule has 4 aromatic rings. The second-order valence-electron chi connectivity index (χ2n) is 10.2. The third-order valence-electron chi connectivity index (χ3n) is 5.29. The summed E-state index contributed by atoms with van der Waals surface area (Å²) in [6, 6.07) is 2.39. The fourth-order valence-electron chi connectivity index (χ4n) is 3.13. The van der Waals surface area contributed by atoms with Gasteiger partial charge in [-0.05, 0) is 57.9 Å². The van der Waals surface area contributed by atoms with Gasteiger partial charge in [0.15, 0.2) is 0 Å². The summed E-state index contributed by atoms with van der Waals surface area (Å²) in [6.45, 7) is 9.01. The SMILES string of the molecule is C.C[C@H](N)C(=O)NCc1cnc2[nH]cc(Cl)c2c1.C[C@H](NC(=O)OC(C)(C)C)C(=O)O.NCc1cnc2[nH]cc(Cl)c2c1. The Labute approximate surface area is 260 Å². The molecule has 15 heteroatoms. The number of amides is 2. The topological polar surface area (TPSA) is 214 Å². The van der Waals surface area contributed by atoms with Gasteiger partial charge in [-0.15, -0.1) is 0 Å². The highest BCUT2D eigenvalue weighted by atomic mass is 35.5. The summed E-state index contributed by atoms with van der Waals surface area (Å²) in [6.07, 6.45) is 6.12. The summed E-state index contributed by atoms with van der Waals surface area (Å²) in [7, 11) is 0. The Morgan fingerprint density at radius 1 is 1.00 bits per heavy atom. The van der Waals surface area contributed by atoms with Crippen LogP contribution >= 0.6 is 23.2 Å². The monoisotopic (exact) mass is 638 g/mol. The van der Waals surface area contributed by atoms with Crippen LogP contribution in [0.1, 0.15) is 53.2 Å². The standard InChI is InChI=1S/C11H13ClN4O.C8H8ClN3.C8H15NO4.CH4/c1-6(13)11(17)16-4-7-2-8-9(12)5-15-10(8)14-3-7;9-7-4-12-8-6(7)1-5(2-10)3-11-8;1-5(6(10)11)9-7(12)13-8(2,3)4;/h2-3,5-6H,4,13H2,1H3,(H,14,15)(H,16,17);1,3-4H,2,10H2,(H,11,12);5H,1-4H3,(H,9,12)(H,10,11);1H4/t6-;;5-;/m0.0./s1. The zero-order valence-corrected chi connectivity index (χ0v) is 25.4. The minimum absolute atomic E-state index is 0. The van der Waals surface area contributed by atoms with Crippen LogP contribution in [0.4, 0.5) is 4.79 Å². The summed E-state index contributed by atoms with van der Waals surface area (Å²) in [5.41, 5.74) is 13.7. The van der Waals surface area contributed by atoms with Gasteiger partial charge >= 0.3 is 12.1 Å². The Morgan fingerprint density at radius 2 is 1.49 bits per heavy atom. The number of hydrogen-bond donors (Lipinski definition) is 7. The summed E-state index contributed by atoms with van der Waals surface area (Å²) in [5.74, 6) is -1.28. The summed E-state index contributed by atoms with van der Waals surface area (Å²) < 4.78 is 4.85. The molecule has 0 aliphatic carbocycles. The molecule has 2 atom stereocenters. The predicted octanol–water partition coefficient (Wildman–Crippen LogP) is 4.48. The molecule has 9 N–H and O–H groups in total. The number of nitrogens with two attached hydrogens (primary N) is 2. The molecule has 2 amide bonds. The van der Waals surface area contributed by atoms with E-state index in [0.29, 0.717) is 23.1 Å². The summed E-state index contributed by atoms with van der Waals surface area (Å²) in [5, 5.41) is 16.4. The van der Waals surface area contributed by atoms with Crippen molar-refractivity contribution in [1.82, 2.24) is 30.6 Å². The molecule has 0 aliphatic rings. The lowest BCUT2D eigenvalue weighted by molar-refractivity contribution is -0.139. The van der Waals surface area contributed by atoms with E-state index in [4.69, 9.17) is 44.5 Å². The number of rotatable bonds is 6. The van der Waals surface area contributed by atoms with Crippen molar-refractivity contribution in [2.24, 2.45) is 11.5 Å². The van der Waals surface area contributed by atoms with E-state index < -0.39 is 29.7 Å². The normalized spacial score (nSPS) is 12.0. The number of ether oxygens (including phenoxy) is 1. The Balaban J connectivity index is 0.000000325. The zero-order valence-electron chi connectivity index (χ0n) is 23.9. The number of H-pyrrole nitrogens is 2. The molecule has 4 aromatic heterocycles. The molecular formula is C28H40Cl2N8O5. The fourth-order valence-corrected chi connectivity index (χ4v) is 3.53. The van der Waals surface area contributed by atoms with Gasteiger partial charge in [0.1, 0.15) is 22.9 Å². The van der Waals surface area contributed by atoms with Crippen molar-refractivity contribution in [3.63, 3.8) is 0 Å². The van der Waals surface area contributed by atoms with Crippen molar-refractivity contribution in [3.05, 3.63) is 58.1 Å². The van der Waals surface area contributed by atoms with Crippen LogP contribution in [0.15, 0.2) is 36.9 Å². The molecule has 13 nitrogen and oxygen atoms in total. The maximum absolute atomic E-state index is 11.3. The van der Waals surface area contributed by atoms with Crippen molar-refractivity contribution in [3.8, 4) is 0 Å². The molecule has 0 aliphatic heterocycles. The second-order valence-corrected chi connectivity index (χ2v) is 11.0. The lowest BCUT2D eigenvalue weighted by atomic mass is 10.2. The van der Waals surface area contributed by atoms with Gasteiger partial charge in [-0.25, -0.2) is 14.8 Å². The number of carbonyl (C=O) groups is 3. The number of carbonyl (C=O) groups excluding carboxylic acids is 2. The molecule has 4 heterocycles. The highest BCUT2D eigenvalue weighted by Gasteiger charge is 2.20. The van der Waals surface area contributed by atoms with Crippen molar-refractivity contribution in [1.29, 1.82) is 0 Å². The number of fused-ring (bicyclic) bond motifs is 2. The van der Waals surface area contributed by atoms with Gasteiger partial charge in [-0.2, -0.15) is 0 Å². The molecule has 4 rings (SSSR count). The van der Waals surface area contributed by atoms with Crippen molar-refractivity contribution in [2.75, 3.05) is 0 Å². The van der Waals surface area contributed by atoms with Crippen LogP contribution in [0.25, 0.3) is 22.1 Å². The van der Waals surface area contributed by atoms with Crippen LogP contribution in [0.2, 0.25) is 10.0 Å². The first kappa shape index (κ1) is 37.1. The minimum Gasteiger partial charge on any atom is -0.480 e. The Bertz CT molecular complexity index is 1510. The Morgan fingerprint density at radius 3 is 1.93 bits per heavy atom. The number of nitrogens with zero attached hydrogens (tertiary/aromatic N) is 2. The predicted molar refractivity (Wildman–Crippen MR) is 169 cm³/mol. The molecule has 0 spiro atoms. The van der Waals surface area contributed by atoms with E-state index in [0.717, 1.165) is 33.2 Å². The molecule has 43 heavy (non-hydrogen) atoms. The van der Waals surface area contributed by atoms with Crippen LogP contribution in [0.3, 0.4) is 0 Å². The summed E-state index contributed by atoms with van der Waals surface area (Å²) >= 11 is 11.9. The molecule has 0 saturated carbocycles. The van der Waals surface area contributed by atoms with Crippen LogP contribution in [-0.4, -0.2) is 60.7 Å². The summed E-state index contributed by atoms with van der Waals surface area (Å²) in [4.78, 5) is 46.9. The number of carboxylic acids is 1. The van der Waals surface area contributed by atoms with Gasteiger partial charge in [-0.3, -0.25) is 9.59 Å².